The molecule has 7 aliphatic carbocycles. The maximum atomic E-state index is 5.96. The number of rotatable bonds is 6. The van der Waals surface area contributed by atoms with Crippen LogP contribution in [0.15, 0.2) is 87.0 Å². The Labute approximate surface area is 335 Å². The number of hydrogen-bond donors (Lipinski definition) is 2. The van der Waals surface area contributed by atoms with E-state index >= 15 is 0 Å². The minimum atomic E-state index is 0.0515. The zero-order chi connectivity index (χ0) is 35.5. The predicted octanol–water partition coefficient (Wildman–Crippen LogP) is 7.35. The van der Waals surface area contributed by atoms with Crippen molar-refractivity contribution in [2.24, 2.45) is 40.5 Å². The van der Waals surface area contributed by atoms with Crippen LogP contribution in [0.5, 0.6) is 0 Å². The van der Waals surface area contributed by atoms with Crippen LogP contribution in [-0.4, -0.2) is 48.8 Å². The average Bonchev–Trinajstić information content (AvgIpc) is 3.78. The summed E-state index contributed by atoms with van der Waals surface area (Å²) >= 11 is 2.36. The van der Waals surface area contributed by atoms with Crippen molar-refractivity contribution in [2.45, 2.75) is 156 Å². The first-order chi connectivity index (χ1) is 26.1. The summed E-state index contributed by atoms with van der Waals surface area (Å²) in [6, 6.07) is 1.18. The molecule has 0 radical (unpaired) electrons. The van der Waals surface area contributed by atoms with E-state index in [0.29, 0.717) is 44.7 Å². The second kappa shape index (κ2) is 15.1. The first kappa shape index (κ1) is 35.9. The monoisotopic (exact) mass is 843 g/mol. The van der Waals surface area contributed by atoms with Gasteiger partial charge < -0.3 is 0 Å². The van der Waals surface area contributed by atoms with Crippen molar-refractivity contribution in [3.8, 4) is 0 Å². The summed E-state index contributed by atoms with van der Waals surface area (Å²) in [5.74, 6) is 5.46. The van der Waals surface area contributed by atoms with E-state index in [9.17, 15) is 0 Å². The number of fused-ring (bicyclic) bond motifs is 5. The molecule has 10 rings (SSSR count). The van der Waals surface area contributed by atoms with Crippen LogP contribution in [0.3, 0.4) is 0 Å². The summed E-state index contributed by atoms with van der Waals surface area (Å²) in [4.78, 5) is 13.4. The van der Waals surface area contributed by atoms with Crippen LogP contribution in [0, 0.1) is 35.5 Å². The van der Waals surface area contributed by atoms with Crippen LogP contribution in [0.1, 0.15) is 122 Å². The van der Waals surface area contributed by atoms with Gasteiger partial charge in [-0.05, 0) is 12.8 Å². The quantitative estimate of drug-likeness (QED) is 0.167. The van der Waals surface area contributed by atoms with Crippen molar-refractivity contribution in [3.05, 3.63) is 82.0 Å². The third-order valence-electron chi connectivity index (χ3n) is 15.8. The number of thioether (sulfide) groups is 1. The van der Waals surface area contributed by atoms with Gasteiger partial charge in [0.15, 0.2) is 0 Å². The number of nitrogens with one attached hydrogen (secondary N) is 2. The first-order valence-electron chi connectivity index (χ1n) is 21.9. The normalized spacial score (nSPS) is 43.6. The Morgan fingerprint density at radius 3 is 2.49 bits per heavy atom. The van der Waals surface area contributed by atoms with Crippen LogP contribution in [0.2, 0.25) is 0 Å². The zero-order valence-corrected chi connectivity index (χ0v) is 35.4. The molecule has 4 nitrogen and oxygen atoms in total. The maximum absolute atomic E-state index is 5.96. The Morgan fingerprint density at radius 1 is 0.830 bits per heavy atom. The summed E-state index contributed by atoms with van der Waals surface area (Å²) in [5.41, 5.74) is 6.96. The van der Waals surface area contributed by atoms with Gasteiger partial charge in [0.1, 0.15) is 0 Å². The standard InChI is InChI=1S/C47H64IN4S/c1-47(48-2)29-39(52-37-22-12-9-19-34(37)35-20-10-13-23-38(35)52)41(43-42(47)36-21-11-14-24-40(36)53-43)46-50-44(32-17-7-4-8-18-32)49-45(51-46)33-27-25-31(26-28-33)30-15-5-3-6-16-30/h3,5,9,11-12,14-15,17,24,31,33-34,36-37,39,41-45,49H,4,6-8,10,13,16,18-23,25-29H2,1-2H3,(H,50,51)/q-1. The van der Waals surface area contributed by atoms with E-state index in [-0.39, 0.29) is 27.4 Å². The van der Waals surface area contributed by atoms with Crippen molar-refractivity contribution in [1.82, 2.24) is 15.5 Å². The van der Waals surface area contributed by atoms with Gasteiger partial charge in [0, 0.05) is 0 Å². The van der Waals surface area contributed by atoms with Crippen molar-refractivity contribution in [2.75, 3.05) is 4.93 Å². The van der Waals surface area contributed by atoms with Crippen LogP contribution >= 0.6 is 11.8 Å². The second-order valence-electron chi connectivity index (χ2n) is 18.5. The molecule has 10 aliphatic rings. The number of allylic oxidation sites excluding steroid dienone is 11. The topological polar surface area (TPSA) is 39.7 Å². The van der Waals surface area contributed by atoms with Gasteiger partial charge in [-0.2, -0.15) is 0 Å². The van der Waals surface area contributed by atoms with Crippen molar-refractivity contribution in [3.63, 3.8) is 0 Å². The third-order valence-corrected chi connectivity index (χ3v) is 21.0. The summed E-state index contributed by atoms with van der Waals surface area (Å²) in [6.07, 6.45) is 46.0. The first-order valence-corrected chi connectivity index (χ1v) is 26.1. The van der Waals surface area contributed by atoms with Gasteiger partial charge in [-0.25, -0.2) is 0 Å². The Morgan fingerprint density at radius 2 is 1.66 bits per heavy atom. The average molecular weight is 844 g/mol. The van der Waals surface area contributed by atoms with Gasteiger partial charge in [0.05, 0.1) is 0 Å². The number of amidine groups is 1. The Hall–Kier alpha value is -1.51. The van der Waals surface area contributed by atoms with E-state index in [4.69, 9.17) is 4.99 Å². The van der Waals surface area contributed by atoms with Crippen LogP contribution < -0.4 is 31.8 Å². The van der Waals surface area contributed by atoms with Crippen molar-refractivity contribution in [1.29, 1.82) is 0 Å². The molecule has 0 amide bonds. The zero-order valence-electron chi connectivity index (χ0n) is 32.5. The van der Waals surface area contributed by atoms with Crippen LogP contribution in [0.4, 0.5) is 0 Å². The van der Waals surface area contributed by atoms with Crippen LogP contribution in [0.25, 0.3) is 0 Å². The second-order valence-corrected chi connectivity index (χ2v) is 23.3. The molecular weight excluding hydrogens is 780 g/mol. The summed E-state index contributed by atoms with van der Waals surface area (Å²) < 4.78 is 0.431. The Kier molecular flexibility index (Phi) is 10.2. The number of nitrogens with zero attached hydrogens (tertiary/aromatic N) is 2. The van der Waals surface area contributed by atoms with Gasteiger partial charge in [0.25, 0.3) is 0 Å². The molecule has 53 heavy (non-hydrogen) atoms. The fraction of sp³-hybridized carbons (Fsp3) is 0.681. The van der Waals surface area contributed by atoms with Crippen molar-refractivity contribution >= 4 is 17.6 Å². The molecule has 3 aliphatic heterocycles. The number of aliphatic imine (C=N–C) groups is 1. The summed E-state index contributed by atoms with van der Waals surface area (Å²) in [5, 5.41) is 9.19. The van der Waals surface area contributed by atoms with E-state index in [1.165, 1.54) is 121 Å². The van der Waals surface area contributed by atoms with E-state index < -0.39 is 0 Å². The predicted molar refractivity (Wildman–Crippen MR) is 219 cm³/mol. The van der Waals surface area contributed by atoms with Gasteiger partial charge in [-0.3, -0.25) is 0 Å². The van der Waals surface area contributed by atoms with Gasteiger partial charge in [-0.1, -0.05) is 18.2 Å². The van der Waals surface area contributed by atoms with E-state index in [1.54, 1.807) is 21.7 Å². The van der Waals surface area contributed by atoms with Gasteiger partial charge in [0.2, 0.25) is 0 Å². The molecule has 2 saturated carbocycles. The van der Waals surface area contributed by atoms with E-state index in [2.05, 4.69) is 93.8 Å². The molecule has 6 heteroatoms. The SMILES string of the molecule is C[I-]C1(C)CC(N2C3=C(CCCC3)C3CC=CCC32)C(C2=NC(C3=CCCCC3)NC(C3CCC(C4=CC=CCC4)CC3)N2)C2SC3=CC=CCC3C21. The third kappa shape index (κ3) is 6.47. The molecule has 0 bridgehead atoms. The van der Waals surface area contributed by atoms with Gasteiger partial charge in [-0.15, -0.1) is 0 Å². The molecule has 2 N–H and O–H groups in total. The minimum absolute atomic E-state index is 0.0515. The molecule has 3 heterocycles. The Bertz CT molecular complexity index is 1670. The molecule has 10 atom stereocenters. The fourth-order valence-corrected chi connectivity index (χ4v) is 17.8. The molecular formula is C47H64IN4S-. The summed E-state index contributed by atoms with van der Waals surface area (Å²) in [6.45, 7) is 2.76. The fourth-order valence-electron chi connectivity index (χ4n) is 13.1. The molecule has 0 aromatic carbocycles. The molecule has 0 spiro atoms. The molecule has 0 aromatic rings. The van der Waals surface area contributed by atoms with E-state index in [1.807, 2.05) is 5.57 Å². The van der Waals surface area contributed by atoms with Crippen molar-refractivity contribution < 1.29 is 21.2 Å². The van der Waals surface area contributed by atoms with Gasteiger partial charge >= 0.3 is 306 Å². The van der Waals surface area contributed by atoms with E-state index in [0.717, 1.165) is 17.8 Å². The molecule has 0 aromatic heterocycles. The molecule has 286 valence electrons. The van der Waals surface area contributed by atoms with Crippen LogP contribution in [-0.2, 0) is 0 Å². The number of alkyl halides is 2. The Balaban J connectivity index is 1.05. The number of halogens is 1. The molecule has 10 unspecified atom stereocenters. The number of hydrogen-bond acceptors (Lipinski definition) is 5. The summed E-state index contributed by atoms with van der Waals surface area (Å²) in [7, 11) is 0. The molecule has 3 fully saturated rings. The molecule has 1 saturated heterocycles.